The van der Waals surface area contributed by atoms with E-state index in [1.54, 1.807) is 49.2 Å². The number of nitrogens with zero attached hydrogens (tertiary/aromatic N) is 4. The highest BCUT2D eigenvalue weighted by atomic mass is 32.2. The summed E-state index contributed by atoms with van der Waals surface area (Å²) in [5.74, 6) is 0.157. The first kappa shape index (κ1) is 22.9. The molecule has 1 unspecified atom stereocenters. The lowest BCUT2D eigenvalue weighted by atomic mass is 9.87. The van der Waals surface area contributed by atoms with E-state index in [2.05, 4.69) is 15.0 Å². The summed E-state index contributed by atoms with van der Waals surface area (Å²) in [6.45, 7) is 0.453. The number of carbonyl (C=O) groups excluding carboxylic acids is 1. The Balaban J connectivity index is 1.58. The summed E-state index contributed by atoms with van der Waals surface area (Å²) in [4.78, 5) is 25.0. The lowest BCUT2D eigenvalue weighted by Gasteiger charge is -2.25. The highest BCUT2D eigenvalue weighted by Crippen LogP contribution is 2.36. The summed E-state index contributed by atoms with van der Waals surface area (Å²) >= 11 is 0. The largest absolute Gasteiger partial charge is 0.483 e. The fourth-order valence-electron chi connectivity index (χ4n) is 4.36. The molecule has 0 saturated carbocycles. The van der Waals surface area contributed by atoms with E-state index >= 15 is 0 Å². The van der Waals surface area contributed by atoms with Gasteiger partial charge in [-0.2, -0.15) is 0 Å². The summed E-state index contributed by atoms with van der Waals surface area (Å²) in [7, 11) is -3.77. The third kappa shape index (κ3) is 5.00. The maximum Gasteiger partial charge on any atom is 0.199 e. The number of hydrogen-bond acceptors (Lipinski definition) is 7. The number of fused-ring (bicyclic) bond motifs is 1. The Hall–Kier alpha value is -3.85. The second kappa shape index (κ2) is 9.79. The smallest absolute Gasteiger partial charge is 0.199 e. The van der Waals surface area contributed by atoms with Gasteiger partial charge in [0.05, 0.1) is 18.6 Å². The summed E-state index contributed by atoms with van der Waals surface area (Å²) in [5.41, 5.74) is 2.67. The molecular weight excluding hydrogens is 464 g/mol. The van der Waals surface area contributed by atoms with Crippen molar-refractivity contribution in [2.24, 2.45) is 0 Å². The van der Waals surface area contributed by atoms with Crippen molar-refractivity contribution < 1.29 is 17.9 Å². The molecule has 1 atom stereocenters. The first-order valence-electron chi connectivity index (χ1n) is 11.4. The Labute approximate surface area is 203 Å². The number of carbonyl (C=O) groups is 1. The summed E-state index contributed by atoms with van der Waals surface area (Å²) in [6, 6.07) is 12.0. The van der Waals surface area contributed by atoms with Crippen LogP contribution in [0.4, 0.5) is 0 Å². The third-order valence-corrected chi connectivity index (χ3v) is 7.62. The predicted molar refractivity (Wildman–Crippen MR) is 129 cm³/mol. The van der Waals surface area contributed by atoms with E-state index in [1.807, 2.05) is 22.9 Å². The zero-order valence-electron chi connectivity index (χ0n) is 18.9. The van der Waals surface area contributed by atoms with Crippen molar-refractivity contribution in [1.82, 2.24) is 19.5 Å². The SMILES string of the molecule is O=C1CCCc2c1ccc(OC(Cn1ccnc1)c1cccnc1)c2CS(=O)(=O)c1ccccn1. The van der Waals surface area contributed by atoms with Crippen LogP contribution in [0, 0.1) is 0 Å². The van der Waals surface area contributed by atoms with Crippen molar-refractivity contribution in [3.8, 4) is 5.75 Å². The van der Waals surface area contributed by atoms with Gasteiger partial charge in [0.15, 0.2) is 20.6 Å². The second-order valence-electron chi connectivity index (χ2n) is 8.42. The molecule has 0 amide bonds. The van der Waals surface area contributed by atoms with Gasteiger partial charge < -0.3 is 9.30 Å². The van der Waals surface area contributed by atoms with E-state index in [4.69, 9.17) is 4.74 Å². The van der Waals surface area contributed by atoms with Crippen LogP contribution in [0.3, 0.4) is 0 Å². The molecule has 35 heavy (non-hydrogen) atoms. The van der Waals surface area contributed by atoms with Crippen LogP contribution >= 0.6 is 0 Å². The number of rotatable bonds is 8. The Morgan fingerprint density at radius 2 is 1.91 bits per heavy atom. The van der Waals surface area contributed by atoms with Gasteiger partial charge in [0.1, 0.15) is 11.9 Å². The lowest BCUT2D eigenvalue weighted by Crippen LogP contribution is -2.20. The number of ketones is 1. The zero-order chi connectivity index (χ0) is 24.3. The summed E-state index contributed by atoms with van der Waals surface area (Å²) in [5, 5.41) is -0.00656. The van der Waals surface area contributed by atoms with Crippen molar-refractivity contribution >= 4 is 15.6 Å². The monoisotopic (exact) mass is 488 g/mol. The molecule has 0 aliphatic heterocycles. The van der Waals surface area contributed by atoms with Crippen LogP contribution in [0.25, 0.3) is 0 Å². The van der Waals surface area contributed by atoms with E-state index in [1.165, 1.54) is 12.3 Å². The molecule has 1 aliphatic carbocycles. The van der Waals surface area contributed by atoms with Crippen molar-refractivity contribution in [3.05, 3.63) is 102 Å². The average molecular weight is 489 g/mol. The van der Waals surface area contributed by atoms with E-state index < -0.39 is 15.9 Å². The maximum atomic E-state index is 13.3. The minimum Gasteiger partial charge on any atom is -0.483 e. The molecular formula is C26H24N4O4S. The van der Waals surface area contributed by atoms with Gasteiger partial charge in [-0.1, -0.05) is 12.1 Å². The predicted octanol–water partition coefficient (Wildman–Crippen LogP) is 3.99. The molecule has 3 heterocycles. The first-order valence-corrected chi connectivity index (χ1v) is 13.0. The lowest BCUT2D eigenvalue weighted by molar-refractivity contribution is 0.0972. The fraction of sp³-hybridized carbons (Fsp3) is 0.231. The highest BCUT2D eigenvalue weighted by molar-refractivity contribution is 7.90. The Morgan fingerprint density at radius 1 is 1.00 bits per heavy atom. The van der Waals surface area contributed by atoms with Crippen molar-refractivity contribution in [3.63, 3.8) is 0 Å². The van der Waals surface area contributed by atoms with Gasteiger partial charge in [-0.25, -0.2) is 18.4 Å². The molecule has 0 spiro atoms. The van der Waals surface area contributed by atoms with Crippen LogP contribution in [0.15, 0.2) is 84.8 Å². The molecule has 3 aromatic heterocycles. The standard InChI is InChI=1S/C26H24N4O4S/c31-23-7-3-6-20-21(23)9-10-24(22(20)17-35(32,33)26-8-1-2-12-29-26)34-25(16-30-14-13-28-18-30)19-5-4-11-27-15-19/h1-2,4-5,8-15,18,25H,3,6-7,16-17H2. The van der Waals surface area contributed by atoms with Crippen LogP contribution in [0.2, 0.25) is 0 Å². The van der Waals surface area contributed by atoms with Crippen LogP contribution < -0.4 is 4.74 Å². The molecule has 8 nitrogen and oxygen atoms in total. The van der Waals surface area contributed by atoms with E-state index in [9.17, 15) is 13.2 Å². The van der Waals surface area contributed by atoms with E-state index in [0.29, 0.717) is 42.7 Å². The zero-order valence-corrected chi connectivity index (χ0v) is 19.8. The highest BCUT2D eigenvalue weighted by Gasteiger charge is 2.28. The topological polar surface area (TPSA) is 104 Å². The molecule has 178 valence electrons. The number of benzene rings is 1. The van der Waals surface area contributed by atoms with E-state index in [0.717, 1.165) is 11.1 Å². The minimum absolute atomic E-state index is 0.00656. The molecule has 1 aliphatic rings. The summed E-state index contributed by atoms with van der Waals surface area (Å²) in [6.07, 6.45) is 11.4. The Morgan fingerprint density at radius 3 is 2.66 bits per heavy atom. The van der Waals surface area contributed by atoms with Gasteiger partial charge in [0, 0.05) is 54.1 Å². The molecule has 0 saturated heterocycles. The molecule has 0 radical (unpaired) electrons. The number of pyridine rings is 2. The van der Waals surface area contributed by atoms with Crippen molar-refractivity contribution in [2.45, 2.75) is 42.7 Å². The van der Waals surface area contributed by atoms with Gasteiger partial charge in [-0.15, -0.1) is 0 Å². The Bertz CT molecular complexity index is 1420. The minimum atomic E-state index is -3.77. The van der Waals surface area contributed by atoms with Crippen molar-refractivity contribution in [2.75, 3.05) is 0 Å². The van der Waals surface area contributed by atoms with Crippen LogP contribution in [-0.4, -0.2) is 33.7 Å². The third-order valence-electron chi connectivity index (χ3n) is 6.07. The number of sulfone groups is 1. The number of aromatic nitrogens is 4. The number of imidazole rings is 1. The Kier molecular flexibility index (Phi) is 6.41. The number of ether oxygens (including phenoxy) is 1. The van der Waals surface area contributed by atoms with Crippen LogP contribution in [0.1, 0.15) is 46.0 Å². The number of hydrogen-bond donors (Lipinski definition) is 0. The quantitative estimate of drug-likeness (QED) is 0.369. The fourth-order valence-corrected chi connectivity index (χ4v) is 5.71. The van der Waals surface area contributed by atoms with Gasteiger partial charge in [0.25, 0.3) is 0 Å². The maximum absolute atomic E-state index is 13.3. The molecule has 9 heteroatoms. The second-order valence-corrected chi connectivity index (χ2v) is 10.4. The molecule has 4 aromatic rings. The van der Waals surface area contributed by atoms with Crippen molar-refractivity contribution in [1.29, 1.82) is 0 Å². The van der Waals surface area contributed by atoms with Crippen LogP contribution in [-0.2, 0) is 28.6 Å². The average Bonchev–Trinajstić information content (AvgIpc) is 3.39. The first-order chi connectivity index (χ1) is 17.0. The van der Waals surface area contributed by atoms with E-state index in [-0.39, 0.29) is 16.6 Å². The molecule has 5 rings (SSSR count). The molecule has 0 bridgehead atoms. The molecule has 0 N–H and O–H groups in total. The van der Waals surface area contributed by atoms with Crippen LogP contribution in [0.5, 0.6) is 5.75 Å². The van der Waals surface area contributed by atoms with Gasteiger partial charge in [0.2, 0.25) is 0 Å². The molecule has 1 aromatic carbocycles. The number of Topliss-reactive ketones (excluding diaryl/α,β-unsaturated/α-hetero) is 1. The molecule has 0 fully saturated rings. The normalized spacial score (nSPS) is 14.3. The summed E-state index contributed by atoms with van der Waals surface area (Å²) < 4.78 is 35.0. The van der Waals surface area contributed by atoms with Gasteiger partial charge in [-0.3, -0.25) is 9.78 Å². The van der Waals surface area contributed by atoms with Gasteiger partial charge >= 0.3 is 0 Å². The van der Waals surface area contributed by atoms with Gasteiger partial charge in [-0.05, 0) is 48.7 Å².